The lowest BCUT2D eigenvalue weighted by Crippen LogP contribution is -1.98. The van der Waals surface area contributed by atoms with Gasteiger partial charge in [0, 0.05) is 17.2 Å². The van der Waals surface area contributed by atoms with Crippen LogP contribution >= 0.6 is 0 Å². The van der Waals surface area contributed by atoms with E-state index in [0.29, 0.717) is 28.9 Å². The van der Waals surface area contributed by atoms with Crippen molar-refractivity contribution in [2.75, 3.05) is 0 Å². The lowest BCUT2D eigenvalue weighted by Gasteiger charge is -2.11. The zero-order chi connectivity index (χ0) is 22.7. The molecule has 0 radical (unpaired) electrons. The molecule has 0 N–H and O–H groups in total. The molecule has 4 heteroatoms. The quantitative estimate of drug-likeness (QED) is 0.301. The maximum atomic E-state index is 14.8. The van der Waals surface area contributed by atoms with Crippen LogP contribution in [0.25, 0.3) is 22.3 Å². The van der Waals surface area contributed by atoms with Crippen LogP contribution in [0.4, 0.5) is 13.2 Å². The first-order valence-electron chi connectivity index (χ1n) is 10.5. The Balaban J connectivity index is 1.50. The van der Waals surface area contributed by atoms with E-state index < -0.39 is 11.6 Å². The molecule has 32 heavy (non-hydrogen) atoms. The molecule has 4 aromatic carbocycles. The van der Waals surface area contributed by atoms with Crippen LogP contribution in [0.3, 0.4) is 0 Å². The van der Waals surface area contributed by atoms with Gasteiger partial charge < -0.3 is 4.74 Å². The summed E-state index contributed by atoms with van der Waals surface area (Å²) in [6, 6.07) is 22.4. The summed E-state index contributed by atoms with van der Waals surface area (Å²) < 4.78 is 49.2. The second kappa shape index (κ2) is 9.31. The molecule has 0 aliphatic carbocycles. The van der Waals surface area contributed by atoms with Gasteiger partial charge in [-0.1, -0.05) is 79.2 Å². The average molecular weight is 432 g/mol. The van der Waals surface area contributed by atoms with E-state index in [1.54, 1.807) is 60.7 Å². The Bertz CT molecular complexity index is 1230. The first-order chi connectivity index (χ1) is 15.5. The summed E-state index contributed by atoms with van der Waals surface area (Å²) >= 11 is 0. The maximum Gasteiger partial charge on any atom is 0.167 e. The van der Waals surface area contributed by atoms with Crippen LogP contribution in [-0.4, -0.2) is 0 Å². The van der Waals surface area contributed by atoms with Crippen molar-refractivity contribution in [1.29, 1.82) is 0 Å². The second-order valence-corrected chi connectivity index (χ2v) is 7.75. The molecular weight excluding hydrogens is 409 g/mol. The Morgan fingerprint density at radius 2 is 1.25 bits per heavy atom. The van der Waals surface area contributed by atoms with Gasteiger partial charge in [-0.15, -0.1) is 0 Å². The summed E-state index contributed by atoms with van der Waals surface area (Å²) in [5, 5.41) is 0. The van der Waals surface area contributed by atoms with Gasteiger partial charge in [-0.25, -0.2) is 13.2 Å². The summed E-state index contributed by atoms with van der Waals surface area (Å²) in [7, 11) is 0. The van der Waals surface area contributed by atoms with Crippen molar-refractivity contribution in [2.24, 2.45) is 0 Å². The average Bonchev–Trinajstić information content (AvgIpc) is 2.81. The molecule has 0 atom stereocenters. The van der Waals surface area contributed by atoms with Crippen molar-refractivity contribution in [3.63, 3.8) is 0 Å². The van der Waals surface area contributed by atoms with Crippen molar-refractivity contribution in [2.45, 2.75) is 26.9 Å². The minimum atomic E-state index is -0.876. The molecule has 0 amide bonds. The summed E-state index contributed by atoms with van der Waals surface area (Å²) in [5.74, 6) is -1.58. The third kappa shape index (κ3) is 4.54. The second-order valence-electron chi connectivity index (χ2n) is 7.75. The van der Waals surface area contributed by atoms with E-state index in [4.69, 9.17) is 4.74 Å². The fourth-order valence-electron chi connectivity index (χ4n) is 3.58. The first-order valence-corrected chi connectivity index (χ1v) is 10.5. The maximum absolute atomic E-state index is 14.8. The molecule has 0 aromatic heterocycles. The van der Waals surface area contributed by atoms with Crippen molar-refractivity contribution >= 4 is 0 Å². The van der Waals surface area contributed by atoms with E-state index in [1.807, 2.05) is 26.0 Å². The van der Waals surface area contributed by atoms with Gasteiger partial charge in [0.25, 0.3) is 0 Å². The molecular formula is C28H23F3O. The Hall–Kier alpha value is -3.53. The van der Waals surface area contributed by atoms with Gasteiger partial charge in [-0.05, 0) is 41.7 Å². The van der Waals surface area contributed by atoms with Gasteiger partial charge >= 0.3 is 0 Å². The SMILES string of the molecule is CCc1ccc(OCc2ccc(-c3ccc(-c4ccc(C)cc4)c(F)c3F)cc2)cc1F. The Morgan fingerprint density at radius 1 is 0.688 bits per heavy atom. The summed E-state index contributed by atoms with van der Waals surface area (Å²) in [5.41, 5.74) is 4.17. The van der Waals surface area contributed by atoms with Crippen LogP contribution in [0.2, 0.25) is 0 Å². The van der Waals surface area contributed by atoms with Gasteiger partial charge in [-0.3, -0.25) is 0 Å². The van der Waals surface area contributed by atoms with Gasteiger partial charge in [0.05, 0.1) is 0 Å². The molecule has 162 valence electrons. The lowest BCUT2D eigenvalue weighted by atomic mass is 9.98. The summed E-state index contributed by atoms with van der Waals surface area (Å²) in [6.45, 7) is 4.08. The molecule has 0 saturated carbocycles. The third-order valence-electron chi connectivity index (χ3n) is 5.52. The van der Waals surface area contributed by atoms with Gasteiger partial charge in [0.1, 0.15) is 18.2 Å². The minimum Gasteiger partial charge on any atom is -0.489 e. The highest BCUT2D eigenvalue weighted by Gasteiger charge is 2.16. The van der Waals surface area contributed by atoms with Crippen LogP contribution in [-0.2, 0) is 13.0 Å². The van der Waals surface area contributed by atoms with Crippen LogP contribution in [0.15, 0.2) is 78.9 Å². The van der Waals surface area contributed by atoms with E-state index in [2.05, 4.69) is 0 Å². The smallest absolute Gasteiger partial charge is 0.167 e. The third-order valence-corrected chi connectivity index (χ3v) is 5.52. The van der Waals surface area contributed by atoms with Crippen molar-refractivity contribution in [1.82, 2.24) is 0 Å². The first kappa shape index (κ1) is 21.7. The lowest BCUT2D eigenvalue weighted by molar-refractivity contribution is 0.304. The predicted octanol–water partition coefficient (Wildman–Crippen LogP) is 7.89. The number of aryl methyl sites for hydroxylation is 2. The van der Waals surface area contributed by atoms with Crippen molar-refractivity contribution < 1.29 is 17.9 Å². The fourth-order valence-corrected chi connectivity index (χ4v) is 3.58. The van der Waals surface area contributed by atoms with Crippen molar-refractivity contribution in [3.8, 4) is 28.0 Å². The molecule has 4 aromatic rings. The molecule has 0 spiro atoms. The Morgan fingerprint density at radius 3 is 1.78 bits per heavy atom. The Kier molecular flexibility index (Phi) is 6.31. The normalized spacial score (nSPS) is 10.9. The largest absolute Gasteiger partial charge is 0.489 e. The van der Waals surface area contributed by atoms with E-state index >= 15 is 0 Å². The number of rotatable bonds is 6. The topological polar surface area (TPSA) is 9.23 Å². The minimum absolute atomic E-state index is 0.197. The van der Waals surface area contributed by atoms with Crippen molar-refractivity contribution in [3.05, 3.63) is 113 Å². The number of hydrogen-bond donors (Lipinski definition) is 0. The summed E-state index contributed by atoms with van der Waals surface area (Å²) in [4.78, 5) is 0. The van der Waals surface area contributed by atoms with E-state index in [1.165, 1.54) is 6.07 Å². The van der Waals surface area contributed by atoms with Gasteiger partial charge in [-0.2, -0.15) is 0 Å². The molecule has 0 aliphatic heterocycles. The van der Waals surface area contributed by atoms with Crippen LogP contribution in [0.1, 0.15) is 23.6 Å². The monoisotopic (exact) mass is 432 g/mol. The molecule has 0 unspecified atom stereocenters. The summed E-state index contributed by atoms with van der Waals surface area (Å²) in [6.07, 6.45) is 0.622. The van der Waals surface area contributed by atoms with Crippen LogP contribution in [0, 0.1) is 24.4 Å². The molecule has 0 bridgehead atoms. The van der Waals surface area contributed by atoms with Crippen LogP contribution < -0.4 is 4.74 Å². The molecule has 0 heterocycles. The predicted molar refractivity (Wildman–Crippen MR) is 122 cm³/mol. The van der Waals surface area contributed by atoms with E-state index in [-0.39, 0.29) is 23.6 Å². The van der Waals surface area contributed by atoms with E-state index in [9.17, 15) is 13.2 Å². The number of benzene rings is 4. The number of hydrogen-bond acceptors (Lipinski definition) is 1. The van der Waals surface area contributed by atoms with E-state index in [0.717, 1.165) is 11.1 Å². The molecule has 0 saturated heterocycles. The van der Waals surface area contributed by atoms with Gasteiger partial charge in [0.15, 0.2) is 11.6 Å². The number of ether oxygens (including phenoxy) is 1. The molecule has 0 aliphatic rings. The Labute approximate surface area is 186 Å². The zero-order valence-corrected chi connectivity index (χ0v) is 18.0. The number of halogens is 3. The van der Waals surface area contributed by atoms with Crippen LogP contribution in [0.5, 0.6) is 5.75 Å². The highest BCUT2D eigenvalue weighted by Crippen LogP contribution is 2.32. The molecule has 0 fully saturated rings. The fraction of sp³-hybridized carbons (Fsp3) is 0.143. The standard InChI is InChI=1S/C28H23F3O/c1-3-20-12-13-23(16-26(20)29)32-17-19-6-10-22(11-7-19)25-15-14-24(27(30)28(25)31)21-8-4-18(2)5-9-21/h4-16H,3,17H2,1-2H3. The molecule has 1 nitrogen and oxygen atoms in total. The molecule has 4 rings (SSSR count). The highest BCUT2D eigenvalue weighted by molar-refractivity contribution is 5.72. The zero-order valence-electron chi connectivity index (χ0n) is 18.0. The van der Waals surface area contributed by atoms with Gasteiger partial charge in [0.2, 0.25) is 0 Å². The highest BCUT2D eigenvalue weighted by atomic mass is 19.2.